The number of aryl methyl sites for hydroxylation is 1. The third-order valence-electron chi connectivity index (χ3n) is 2.13. The first-order chi connectivity index (χ1) is 7.13. The zero-order chi connectivity index (χ0) is 11.3. The molecule has 0 aliphatic heterocycles. The van der Waals surface area contributed by atoms with E-state index in [4.69, 9.17) is 5.73 Å². The number of esters is 1. The van der Waals surface area contributed by atoms with Gasteiger partial charge in [0, 0.05) is 12.1 Å². The monoisotopic (exact) mass is 211 g/mol. The number of ether oxygens (including phenoxy) is 1. The van der Waals surface area contributed by atoms with E-state index in [1.165, 1.54) is 13.2 Å². The molecule has 82 valence electrons. The molecule has 0 aromatic heterocycles. The minimum atomic E-state index is -0.320. The molecule has 0 unspecified atom stereocenters. The molecule has 3 nitrogen and oxygen atoms in total. The van der Waals surface area contributed by atoms with Crippen LogP contribution in [0.3, 0.4) is 0 Å². The van der Waals surface area contributed by atoms with Crippen LogP contribution in [0.1, 0.15) is 18.4 Å². The van der Waals surface area contributed by atoms with Crippen molar-refractivity contribution in [3.63, 3.8) is 0 Å². The number of rotatable bonds is 4. The topological polar surface area (TPSA) is 52.3 Å². The standard InChI is InChI=1S/C11H14FNO2/c1-15-11(14)4-2-3-8-5-6-9(13)7-10(8)12/h5-7H,2-4,13H2,1H3. The number of carbonyl (C=O) groups excluding carboxylic acids is 1. The maximum Gasteiger partial charge on any atom is 0.305 e. The average Bonchev–Trinajstić information content (AvgIpc) is 2.21. The number of benzene rings is 1. The molecular formula is C11H14FNO2. The summed E-state index contributed by atoms with van der Waals surface area (Å²) in [5.74, 6) is -0.592. The van der Waals surface area contributed by atoms with E-state index in [-0.39, 0.29) is 11.8 Å². The summed E-state index contributed by atoms with van der Waals surface area (Å²) in [5, 5.41) is 0. The molecule has 0 atom stereocenters. The van der Waals surface area contributed by atoms with Gasteiger partial charge in [0.15, 0.2) is 0 Å². The normalized spacial score (nSPS) is 10.0. The number of carbonyl (C=O) groups is 1. The second kappa shape index (κ2) is 5.34. The molecule has 0 heterocycles. The van der Waals surface area contributed by atoms with Gasteiger partial charge in [-0.1, -0.05) is 6.07 Å². The van der Waals surface area contributed by atoms with Gasteiger partial charge in [-0.3, -0.25) is 4.79 Å². The molecule has 0 saturated heterocycles. The minimum Gasteiger partial charge on any atom is -0.469 e. The second-order valence-electron chi connectivity index (χ2n) is 3.28. The van der Waals surface area contributed by atoms with E-state index < -0.39 is 0 Å². The number of anilines is 1. The lowest BCUT2D eigenvalue weighted by atomic mass is 10.1. The van der Waals surface area contributed by atoms with Crippen molar-refractivity contribution >= 4 is 11.7 Å². The molecule has 0 saturated carbocycles. The van der Waals surface area contributed by atoms with Gasteiger partial charge in [-0.2, -0.15) is 0 Å². The van der Waals surface area contributed by atoms with Gasteiger partial charge in [0.1, 0.15) is 5.82 Å². The van der Waals surface area contributed by atoms with Crippen LogP contribution in [0.25, 0.3) is 0 Å². The Morgan fingerprint density at radius 2 is 2.27 bits per heavy atom. The summed E-state index contributed by atoms with van der Waals surface area (Å²) < 4.78 is 17.7. The smallest absolute Gasteiger partial charge is 0.305 e. The fraction of sp³-hybridized carbons (Fsp3) is 0.364. The molecule has 4 heteroatoms. The van der Waals surface area contributed by atoms with Crippen molar-refractivity contribution in [2.45, 2.75) is 19.3 Å². The van der Waals surface area contributed by atoms with Gasteiger partial charge in [0.2, 0.25) is 0 Å². The highest BCUT2D eigenvalue weighted by Gasteiger charge is 2.04. The first-order valence-corrected chi connectivity index (χ1v) is 4.74. The summed E-state index contributed by atoms with van der Waals surface area (Å²) >= 11 is 0. The predicted octanol–water partition coefficient (Wildman–Crippen LogP) is 1.90. The zero-order valence-electron chi connectivity index (χ0n) is 8.63. The van der Waals surface area contributed by atoms with Gasteiger partial charge in [-0.25, -0.2) is 4.39 Å². The molecule has 0 aliphatic rings. The largest absolute Gasteiger partial charge is 0.469 e. The van der Waals surface area contributed by atoms with Crippen molar-refractivity contribution in [3.8, 4) is 0 Å². The predicted molar refractivity (Wildman–Crippen MR) is 55.8 cm³/mol. The number of hydrogen-bond acceptors (Lipinski definition) is 3. The Morgan fingerprint density at radius 1 is 1.53 bits per heavy atom. The zero-order valence-corrected chi connectivity index (χ0v) is 8.63. The van der Waals surface area contributed by atoms with Gasteiger partial charge in [-0.05, 0) is 30.5 Å². The molecule has 0 aliphatic carbocycles. The van der Waals surface area contributed by atoms with Crippen LogP contribution >= 0.6 is 0 Å². The van der Waals surface area contributed by atoms with Crippen LogP contribution in [0.4, 0.5) is 10.1 Å². The van der Waals surface area contributed by atoms with Gasteiger partial charge in [0.05, 0.1) is 7.11 Å². The summed E-state index contributed by atoms with van der Waals surface area (Å²) in [7, 11) is 1.34. The summed E-state index contributed by atoms with van der Waals surface area (Å²) in [6, 6.07) is 4.58. The second-order valence-corrected chi connectivity index (χ2v) is 3.28. The van der Waals surface area contributed by atoms with Crippen LogP contribution < -0.4 is 5.73 Å². The number of halogens is 1. The summed E-state index contributed by atoms with van der Waals surface area (Å²) in [6.45, 7) is 0. The molecule has 0 fully saturated rings. The molecule has 2 N–H and O–H groups in total. The van der Waals surface area contributed by atoms with E-state index in [1.807, 2.05) is 0 Å². The fourth-order valence-electron chi connectivity index (χ4n) is 1.29. The van der Waals surface area contributed by atoms with Crippen molar-refractivity contribution in [2.24, 2.45) is 0 Å². The van der Waals surface area contributed by atoms with Crippen LogP contribution in [0, 0.1) is 5.82 Å². The molecule has 1 aromatic carbocycles. The van der Waals surface area contributed by atoms with Crippen molar-refractivity contribution in [1.82, 2.24) is 0 Å². The molecule has 0 amide bonds. The van der Waals surface area contributed by atoms with Crippen molar-refractivity contribution in [3.05, 3.63) is 29.6 Å². The lowest BCUT2D eigenvalue weighted by molar-refractivity contribution is -0.140. The maximum absolute atomic E-state index is 13.3. The highest BCUT2D eigenvalue weighted by atomic mass is 19.1. The summed E-state index contributed by atoms with van der Waals surface area (Å²) in [6.07, 6.45) is 1.40. The van der Waals surface area contributed by atoms with Gasteiger partial charge < -0.3 is 10.5 Å². The molecule has 15 heavy (non-hydrogen) atoms. The van der Waals surface area contributed by atoms with Gasteiger partial charge >= 0.3 is 5.97 Å². The molecule has 0 bridgehead atoms. The Hall–Kier alpha value is -1.58. The van der Waals surface area contributed by atoms with E-state index in [2.05, 4.69) is 4.74 Å². The number of hydrogen-bond donors (Lipinski definition) is 1. The molecule has 0 spiro atoms. The van der Waals surface area contributed by atoms with Crippen LogP contribution in [0.2, 0.25) is 0 Å². The Balaban J connectivity index is 2.47. The number of nitrogens with two attached hydrogens (primary N) is 1. The van der Waals surface area contributed by atoms with E-state index in [1.54, 1.807) is 12.1 Å². The number of methoxy groups -OCH3 is 1. The van der Waals surface area contributed by atoms with E-state index in [9.17, 15) is 9.18 Å². The Labute approximate surface area is 88.0 Å². The fourth-order valence-corrected chi connectivity index (χ4v) is 1.29. The minimum absolute atomic E-state index is 0.272. The molecule has 0 radical (unpaired) electrons. The first kappa shape index (κ1) is 11.5. The highest BCUT2D eigenvalue weighted by Crippen LogP contribution is 2.14. The van der Waals surface area contributed by atoms with E-state index in [0.29, 0.717) is 30.5 Å². The van der Waals surface area contributed by atoms with E-state index in [0.717, 1.165) is 0 Å². The third-order valence-corrected chi connectivity index (χ3v) is 2.13. The summed E-state index contributed by atoms with van der Waals surface area (Å²) in [4.78, 5) is 10.8. The van der Waals surface area contributed by atoms with Crippen LogP contribution in [0.15, 0.2) is 18.2 Å². The Kier molecular flexibility index (Phi) is 4.09. The van der Waals surface area contributed by atoms with Crippen molar-refractivity contribution < 1.29 is 13.9 Å². The van der Waals surface area contributed by atoms with Crippen LogP contribution in [-0.2, 0) is 16.0 Å². The molecule has 1 aromatic rings. The average molecular weight is 211 g/mol. The number of nitrogen functional groups attached to an aromatic ring is 1. The Bertz CT molecular complexity index is 352. The van der Waals surface area contributed by atoms with Crippen molar-refractivity contribution in [2.75, 3.05) is 12.8 Å². The molecular weight excluding hydrogens is 197 g/mol. The van der Waals surface area contributed by atoms with Gasteiger partial charge in [-0.15, -0.1) is 0 Å². The lowest BCUT2D eigenvalue weighted by Gasteiger charge is -2.03. The van der Waals surface area contributed by atoms with Crippen molar-refractivity contribution in [1.29, 1.82) is 0 Å². The van der Waals surface area contributed by atoms with Crippen LogP contribution in [0.5, 0.6) is 0 Å². The van der Waals surface area contributed by atoms with E-state index >= 15 is 0 Å². The lowest BCUT2D eigenvalue weighted by Crippen LogP contribution is -2.01. The quantitative estimate of drug-likeness (QED) is 0.611. The first-order valence-electron chi connectivity index (χ1n) is 4.74. The van der Waals surface area contributed by atoms with Crippen LogP contribution in [-0.4, -0.2) is 13.1 Å². The highest BCUT2D eigenvalue weighted by molar-refractivity contribution is 5.69. The SMILES string of the molecule is COC(=O)CCCc1ccc(N)cc1F. The maximum atomic E-state index is 13.3. The van der Waals surface area contributed by atoms with Gasteiger partial charge in [0.25, 0.3) is 0 Å². The Morgan fingerprint density at radius 3 is 2.87 bits per heavy atom. The third kappa shape index (κ3) is 3.58. The molecule has 1 rings (SSSR count). The summed E-state index contributed by atoms with van der Waals surface area (Å²) in [5.41, 5.74) is 6.40.